The summed E-state index contributed by atoms with van der Waals surface area (Å²) in [5.74, 6) is 4.49. The fourth-order valence-corrected chi connectivity index (χ4v) is 2.67. The third-order valence-corrected chi connectivity index (χ3v) is 4.07. The maximum absolute atomic E-state index is 13.2. The van der Waals surface area contributed by atoms with Crippen LogP contribution in [0.4, 0.5) is 15.8 Å². The zero-order valence-electron chi connectivity index (χ0n) is 10.7. The van der Waals surface area contributed by atoms with E-state index >= 15 is 0 Å². The molecule has 0 aliphatic carbocycles. The molecule has 0 unspecified atom stereocenters. The summed E-state index contributed by atoms with van der Waals surface area (Å²) in [6.45, 7) is 0. The van der Waals surface area contributed by atoms with E-state index in [9.17, 15) is 12.8 Å². The van der Waals surface area contributed by atoms with Crippen molar-refractivity contribution in [2.45, 2.75) is 4.90 Å². The molecule has 0 saturated carbocycles. The lowest BCUT2D eigenvalue weighted by molar-refractivity contribution is 0.601. The summed E-state index contributed by atoms with van der Waals surface area (Å²) in [5.41, 5.74) is 2.81. The Morgan fingerprint density at radius 1 is 1.10 bits per heavy atom. The van der Waals surface area contributed by atoms with Crippen molar-refractivity contribution in [3.05, 3.63) is 53.8 Å². The molecule has 0 bridgehead atoms. The van der Waals surface area contributed by atoms with Crippen LogP contribution >= 0.6 is 0 Å². The Morgan fingerprint density at radius 2 is 1.71 bits per heavy atom. The molecule has 0 atom stereocenters. The molecule has 6 nitrogen and oxygen atoms in total. The van der Waals surface area contributed by atoms with Gasteiger partial charge in [-0.3, -0.25) is 10.6 Å². The number of halogens is 1. The highest BCUT2D eigenvalue weighted by Gasteiger charge is 2.15. The Balaban J connectivity index is 2.30. The second kappa shape index (κ2) is 5.78. The van der Waals surface area contributed by atoms with Crippen LogP contribution in [0.15, 0.2) is 47.4 Å². The van der Waals surface area contributed by atoms with E-state index in [1.165, 1.54) is 30.3 Å². The van der Waals surface area contributed by atoms with E-state index in [2.05, 4.69) is 10.1 Å². The quantitative estimate of drug-likeness (QED) is 0.589. The number of nitrogens with two attached hydrogens (primary N) is 1. The number of benzene rings is 2. The van der Waals surface area contributed by atoms with Gasteiger partial charge in [-0.1, -0.05) is 0 Å². The summed E-state index contributed by atoms with van der Waals surface area (Å²) in [5, 5.41) is 8.73. The molecule has 4 N–H and O–H groups in total. The van der Waals surface area contributed by atoms with E-state index in [1.807, 2.05) is 0 Å². The number of rotatable bonds is 4. The zero-order valence-corrected chi connectivity index (χ0v) is 11.5. The van der Waals surface area contributed by atoms with Crippen LogP contribution in [0, 0.1) is 17.1 Å². The van der Waals surface area contributed by atoms with E-state index < -0.39 is 15.8 Å². The van der Waals surface area contributed by atoms with Gasteiger partial charge in [0.1, 0.15) is 11.9 Å². The van der Waals surface area contributed by atoms with Crippen LogP contribution in [-0.2, 0) is 10.0 Å². The van der Waals surface area contributed by atoms with Crippen molar-refractivity contribution >= 4 is 21.4 Å². The van der Waals surface area contributed by atoms with Gasteiger partial charge in [-0.05, 0) is 42.5 Å². The number of anilines is 2. The average Bonchev–Trinajstić information content (AvgIpc) is 2.49. The molecule has 108 valence electrons. The van der Waals surface area contributed by atoms with Crippen LogP contribution < -0.4 is 16.0 Å². The molecule has 21 heavy (non-hydrogen) atoms. The predicted octanol–water partition coefficient (Wildman–Crippen LogP) is 1.78. The first-order valence-electron chi connectivity index (χ1n) is 5.75. The minimum absolute atomic E-state index is 0.0179. The van der Waals surface area contributed by atoms with Gasteiger partial charge in [0.2, 0.25) is 0 Å². The Bertz CT molecular complexity index is 798. The van der Waals surface area contributed by atoms with E-state index in [0.29, 0.717) is 5.69 Å². The molecule has 0 amide bonds. The fourth-order valence-electron chi connectivity index (χ4n) is 1.62. The van der Waals surface area contributed by atoms with Crippen molar-refractivity contribution < 1.29 is 12.8 Å². The monoisotopic (exact) mass is 306 g/mol. The second-order valence-electron chi connectivity index (χ2n) is 4.08. The number of nitrogen functional groups attached to an aromatic ring is 1. The summed E-state index contributed by atoms with van der Waals surface area (Å²) in [7, 11) is -3.83. The molecule has 0 aliphatic rings. The molecule has 0 aliphatic heterocycles. The first-order valence-corrected chi connectivity index (χ1v) is 7.24. The van der Waals surface area contributed by atoms with E-state index in [4.69, 9.17) is 11.1 Å². The van der Waals surface area contributed by atoms with Crippen molar-refractivity contribution in [1.29, 1.82) is 5.26 Å². The smallest absolute Gasteiger partial charge is 0.261 e. The van der Waals surface area contributed by atoms with Gasteiger partial charge < -0.3 is 5.43 Å². The van der Waals surface area contributed by atoms with Crippen LogP contribution in [0.3, 0.4) is 0 Å². The Labute approximate surface area is 121 Å². The molecule has 2 aromatic carbocycles. The predicted molar refractivity (Wildman–Crippen MR) is 76.2 cm³/mol. The molecular formula is C13H11FN4O2S. The van der Waals surface area contributed by atoms with Crippen molar-refractivity contribution in [3.63, 3.8) is 0 Å². The number of hydrogen-bond donors (Lipinski definition) is 3. The summed E-state index contributed by atoms with van der Waals surface area (Å²) < 4.78 is 39.8. The molecule has 0 fully saturated rings. The van der Waals surface area contributed by atoms with Crippen molar-refractivity contribution in [1.82, 2.24) is 0 Å². The van der Waals surface area contributed by atoms with Crippen LogP contribution in [-0.4, -0.2) is 8.42 Å². The zero-order chi connectivity index (χ0) is 15.5. The van der Waals surface area contributed by atoms with Gasteiger partial charge in [0, 0.05) is 5.69 Å². The maximum Gasteiger partial charge on any atom is 0.261 e. The largest absolute Gasteiger partial charge is 0.324 e. The van der Waals surface area contributed by atoms with Crippen LogP contribution in [0.1, 0.15) is 5.56 Å². The Kier molecular flexibility index (Phi) is 4.07. The highest BCUT2D eigenvalue weighted by Crippen LogP contribution is 2.19. The lowest BCUT2D eigenvalue weighted by Gasteiger charge is -2.09. The van der Waals surface area contributed by atoms with Gasteiger partial charge in [-0.2, -0.15) is 5.26 Å². The SMILES string of the molecule is N#Cc1cc(NS(=O)(=O)c2ccc(NN)cc2)ccc1F. The van der Waals surface area contributed by atoms with Crippen LogP contribution in [0.2, 0.25) is 0 Å². The molecule has 0 aromatic heterocycles. The second-order valence-corrected chi connectivity index (χ2v) is 5.76. The number of sulfonamides is 1. The highest BCUT2D eigenvalue weighted by atomic mass is 32.2. The van der Waals surface area contributed by atoms with Gasteiger partial charge in [0.15, 0.2) is 0 Å². The van der Waals surface area contributed by atoms with Gasteiger partial charge in [-0.15, -0.1) is 0 Å². The molecular weight excluding hydrogens is 295 g/mol. The van der Waals surface area contributed by atoms with Crippen molar-refractivity contribution in [3.8, 4) is 6.07 Å². The molecule has 8 heteroatoms. The summed E-state index contributed by atoms with van der Waals surface area (Å²) in [6, 6.07) is 10.8. The summed E-state index contributed by atoms with van der Waals surface area (Å²) >= 11 is 0. The van der Waals surface area contributed by atoms with Crippen LogP contribution in [0.5, 0.6) is 0 Å². The van der Waals surface area contributed by atoms with Gasteiger partial charge in [0.25, 0.3) is 10.0 Å². The molecule has 0 spiro atoms. The molecule has 0 saturated heterocycles. The third kappa shape index (κ3) is 3.28. The first-order chi connectivity index (χ1) is 9.96. The van der Waals surface area contributed by atoms with E-state index in [1.54, 1.807) is 6.07 Å². The Hall–Kier alpha value is -2.63. The number of nitrogens with one attached hydrogen (secondary N) is 2. The fraction of sp³-hybridized carbons (Fsp3) is 0. The Morgan fingerprint density at radius 3 is 2.29 bits per heavy atom. The number of hydrogen-bond acceptors (Lipinski definition) is 5. The molecule has 0 heterocycles. The summed E-state index contributed by atoms with van der Waals surface area (Å²) in [4.78, 5) is 0.0179. The van der Waals surface area contributed by atoms with Crippen molar-refractivity contribution in [2.24, 2.45) is 5.84 Å². The van der Waals surface area contributed by atoms with Crippen LogP contribution in [0.25, 0.3) is 0 Å². The van der Waals surface area contributed by atoms with Gasteiger partial charge in [0.05, 0.1) is 16.1 Å². The third-order valence-electron chi connectivity index (χ3n) is 2.67. The molecule has 2 aromatic rings. The topological polar surface area (TPSA) is 108 Å². The first kappa shape index (κ1) is 14.8. The number of nitriles is 1. The van der Waals surface area contributed by atoms with Gasteiger partial charge in [-0.25, -0.2) is 12.8 Å². The highest BCUT2D eigenvalue weighted by molar-refractivity contribution is 7.92. The lowest BCUT2D eigenvalue weighted by atomic mass is 10.2. The van der Waals surface area contributed by atoms with Gasteiger partial charge >= 0.3 is 0 Å². The average molecular weight is 306 g/mol. The molecule has 0 radical (unpaired) electrons. The lowest BCUT2D eigenvalue weighted by Crippen LogP contribution is -2.13. The minimum Gasteiger partial charge on any atom is -0.324 e. The molecule has 2 rings (SSSR count). The van der Waals surface area contributed by atoms with Crippen molar-refractivity contribution in [2.75, 3.05) is 10.1 Å². The van der Waals surface area contributed by atoms with E-state index in [0.717, 1.165) is 12.1 Å². The van der Waals surface area contributed by atoms with E-state index in [-0.39, 0.29) is 16.1 Å². The standard InChI is InChI=1S/C13H11FN4O2S/c14-13-6-3-11(7-9(13)8-15)18-21(19,20)12-4-1-10(17-16)2-5-12/h1-7,17-18H,16H2. The maximum atomic E-state index is 13.2. The minimum atomic E-state index is -3.83. The number of hydrazine groups is 1. The normalized spacial score (nSPS) is 10.7. The number of nitrogens with zero attached hydrogens (tertiary/aromatic N) is 1. The summed E-state index contributed by atoms with van der Waals surface area (Å²) in [6.07, 6.45) is 0.